The molecule has 146 valence electrons. The number of hydrogen-bond acceptors (Lipinski definition) is 7. The van der Waals surface area contributed by atoms with E-state index in [9.17, 15) is 14.7 Å². The molecule has 1 saturated heterocycles. The second-order valence-corrected chi connectivity index (χ2v) is 7.74. The van der Waals surface area contributed by atoms with Crippen molar-refractivity contribution in [1.29, 1.82) is 0 Å². The van der Waals surface area contributed by atoms with E-state index in [1.165, 1.54) is 11.8 Å². The van der Waals surface area contributed by atoms with Crippen LogP contribution < -0.4 is 10.6 Å². The maximum absolute atomic E-state index is 12.1. The predicted octanol–water partition coefficient (Wildman–Crippen LogP) is 2.58. The highest BCUT2D eigenvalue weighted by molar-refractivity contribution is 7.99. The maximum Gasteiger partial charge on any atom is 0.341 e. The topological polar surface area (TPSA) is 104 Å². The van der Waals surface area contributed by atoms with Crippen LogP contribution in [0.1, 0.15) is 36.5 Å². The molecule has 0 aromatic carbocycles. The molecule has 2 amide bonds. The summed E-state index contributed by atoms with van der Waals surface area (Å²) in [5, 5.41) is 15.6. The van der Waals surface area contributed by atoms with Crippen LogP contribution in [0.2, 0.25) is 0 Å². The molecule has 0 saturated carbocycles. The summed E-state index contributed by atoms with van der Waals surface area (Å²) in [6.45, 7) is 6.51. The Bertz CT molecular complexity index is 591. The molecule has 1 aliphatic rings. The number of amides is 2. The van der Waals surface area contributed by atoms with Crippen LogP contribution in [0.4, 0.5) is 9.80 Å². The summed E-state index contributed by atoms with van der Waals surface area (Å²) in [5.41, 5.74) is 0.0832. The molecule has 2 rings (SSSR count). The largest absolute Gasteiger partial charge is 0.477 e. The lowest BCUT2D eigenvalue weighted by Gasteiger charge is -2.26. The Morgan fingerprint density at radius 3 is 2.81 bits per heavy atom. The summed E-state index contributed by atoms with van der Waals surface area (Å²) in [5.74, 6) is -0.247. The number of morpholine rings is 1. The van der Waals surface area contributed by atoms with Crippen LogP contribution in [0.5, 0.6) is 0 Å². The first-order valence-corrected chi connectivity index (χ1v) is 10.6. The van der Waals surface area contributed by atoms with Gasteiger partial charge in [-0.3, -0.25) is 10.2 Å². The van der Waals surface area contributed by atoms with Crippen molar-refractivity contribution in [1.82, 2.24) is 14.6 Å². The van der Waals surface area contributed by atoms with Crippen LogP contribution >= 0.6 is 23.3 Å². The van der Waals surface area contributed by atoms with Crippen LogP contribution in [-0.4, -0.2) is 71.5 Å². The van der Waals surface area contributed by atoms with E-state index in [2.05, 4.69) is 26.8 Å². The van der Waals surface area contributed by atoms with Crippen molar-refractivity contribution in [3.05, 3.63) is 5.56 Å². The molecule has 1 aromatic rings. The Morgan fingerprint density at radius 2 is 2.12 bits per heavy atom. The second kappa shape index (κ2) is 11.4. The van der Waals surface area contributed by atoms with Crippen molar-refractivity contribution in [2.45, 2.75) is 31.2 Å². The van der Waals surface area contributed by atoms with Crippen LogP contribution in [0.25, 0.3) is 0 Å². The lowest BCUT2D eigenvalue weighted by molar-refractivity contribution is 0.0388. The number of carboxylic acids is 1. The zero-order valence-electron chi connectivity index (χ0n) is 15.0. The van der Waals surface area contributed by atoms with E-state index in [0.717, 1.165) is 56.2 Å². The van der Waals surface area contributed by atoms with E-state index >= 15 is 0 Å². The number of aromatic nitrogens is 1. The van der Waals surface area contributed by atoms with E-state index < -0.39 is 12.0 Å². The monoisotopic (exact) mass is 402 g/mol. The number of carbonyl (C=O) groups excluding carboxylic acids is 1. The van der Waals surface area contributed by atoms with E-state index in [1.54, 1.807) is 0 Å². The number of nitrogens with zero attached hydrogens (tertiary/aromatic N) is 2. The Hall–Kier alpha value is -1.36. The molecule has 0 bridgehead atoms. The number of carbonyl (C=O) groups is 2. The summed E-state index contributed by atoms with van der Waals surface area (Å²) in [6, 6.07) is -0.410. The molecule has 1 aliphatic heterocycles. The molecule has 0 radical (unpaired) electrons. The lowest BCUT2D eigenvalue weighted by Crippen LogP contribution is -2.42. The molecule has 10 heteroatoms. The molecule has 0 spiro atoms. The minimum absolute atomic E-state index is 0.0832. The van der Waals surface area contributed by atoms with Gasteiger partial charge in [-0.2, -0.15) is 4.37 Å². The number of thioether (sulfide) groups is 1. The van der Waals surface area contributed by atoms with Crippen molar-refractivity contribution in [2.24, 2.45) is 0 Å². The van der Waals surface area contributed by atoms with Gasteiger partial charge in [-0.1, -0.05) is 19.8 Å². The van der Waals surface area contributed by atoms with Crippen molar-refractivity contribution >= 4 is 40.3 Å². The van der Waals surface area contributed by atoms with Gasteiger partial charge in [0.25, 0.3) is 0 Å². The normalized spacial score (nSPS) is 15.0. The van der Waals surface area contributed by atoms with Gasteiger partial charge < -0.3 is 15.2 Å². The number of unbranched alkanes of at least 4 members (excludes halogenated alkanes) is 2. The van der Waals surface area contributed by atoms with Crippen molar-refractivity contribution in [2.75, 3.05) is 50.5 Å². The van der Waals surface area contributed by atoms with Gasteiger partial charge >= 0.3 is 12.0 Å². The first-order valence-electron chi connectivity index (χ1n) is 8.82. The van der Waals surface area contributed by atoms with Gasteiger partial charge in [-0.05, 0) is 23.7 Å². The number of rotatable bonds is 10. The smallest absolute Gasteiger partial charge is 0.341 e. The molecule has 0 atom stereocenters. The van der Waals surface area contributed by atoms with Gasteiger partial charge in [0.1, 0.15) is 15.6 Å². The van der Waals surface area contributed by atoms with Crippen LogP contribution in [0.3, 0.4) is 0 Å². The van der Waals surface area contributed by atoms with E-state index in [-0.39, 0.29) is 10.6 Å². The molecular weight excluding hydrogens is 376 g/mol. The van der Waals surface area contributed by atoms with Crippen LogP contribution in [0, 0.1) is 0 Å². The Morgan fingerprint density at radius 1 is 1.35 bits per heavy atom. The summed E-state index contributed by atoms with van der Waals surface area (Å²) < 4.78 is 9.48. The third-order valence-corrected chi connectivity index (χ3v) is 5.85. The highest BCUT2D eigenvalue weighted by Gasteiger charge is 2.22. The van der Waals surface area contributed by atoms with Gasteiger partial charge in [-0.25, -0.2) is 9.59 Å². The van der Waals surface area contributed by atoms with Crippen LogP contribution in [0.15, 0.2) is 5.03 Å². The maximum atomic E-state index is 12.1. The number of ether oxygens (including phenoxy) is 1. The van der Waals surface area contributed by atoms with E-state index in [4.69, 9.17) is 4.74 Å². The quantitative estimate of drug-likeness (QED) is 0.408. The number of hydrogen-bond donors (Lipinski definition) is 3. The Balaban J connectivity index is 1.82. The highest BCUT2D eigenvalue weighted by atomic mass is 32.2. The number of anilines is 1. The van der Waals surface area contributed by atoms with E-state index in [0.29, 0.717) is 24.8 Å². The first kappa shape index (κ1) is 20.9. The average Bonchev–Trinajstić information content (AvgIpc) is 3.02. The molecular formula is C16H26N4O4S2. The van der Waals surface area contributed by atoms with Crippen molar-refractivity contribution in [3.8, 4) is 0 Å². The van der Waals surface area contributed by atoms with Crippen molar-refractivity contribution < 1.29 is 19.4 Å². The number of aromatic carboxylic acids is 1. The molecule has 0 aliphatic carbocycles. The fourth-order valence-electron chi connectivity index (χ4n) is 2.47. The number of nitrogens with one attached hydrogen (secondary N) is 2. The standard InChI is InChI=1S/C16H26N4O4S2/c1-2-3-4-11-25-14-12(15(21)22)13(26-19-14)18-16(23)17-5-6-20-7-9-24-10-8-20/h2-11H2,1H3,(H,21,22)(H2,17,18,23). The Kier molecular flexibility index (Phi) is 9.16. The average molecular weight is 403 g/mol. The summed E-state index contributed by atoms with van der Waals surface area (Å²) in [7, 11) is 0. The van der Waals surface area contributed by atoms with Gasteiger partial charge in [0.2, 0.25) is 0 Å². The minimum Gasteiger partial charge on any atom is -0.477 e. The summed E-state index contributed by atoms with van der Waals surface area (Å²) in [4.78, 5) is 25.8. The zero-order chi connectivity index (χ0) is 18.8. The van der Waals surface area contributed by atoms with Gasteiger partial charge in [0.05, 0.1) is 13.2 Å². The first-order chi connectivity index (χ1) is 12.6. The third kappa shape index (κ3) is 6.75. The molecule has 2 heterocycles. The molecule has 0 unspecified atom stereocenters. The van der Waals surface area contributed by atoms with Crippen LogP contribution in [-0.2, 0) is 4.74 Å². The third-order valence-electron chi connectivity index (χ3n) is 3.91. The van der Waals surface area contributed by atoms with Crippen molar-refractivity contribution in [3.63, 3.8) is 0 Å². The summed E-state index contributed by atoms with van der Waals surface area (Å²) in [6.07, 6.45) is 3.24. The van der Waals surface area contributed by atoms with Gasteiger partial charge in [-0.15, -0.1) is 11.8 Å². The van der Waals surface area contributed by atoms with E-state index in [1.807, 2.05) is 0 Å². The molecule has 1 aromatic heterocycles. The predicted molar refractivity (Wildman–Crippen MR) is 104 cm³/mol. The Labute approximate surface area is 161 Å². The molecule has 3 N–H and O–H groups in total. The summed E-state index contributed by atoms with van der Waals surface area (Å²) >= 11 is 2.44. The number of urea groups is 1. The van der Waals surface area contributed by atoms with Gasteiger partial charge in [0.15, 0.2) is 0 Å². The zero-order valence-corrected chi connectivity index (χ0v) is 16.6. The molecule has 8 nitrogen and oxygen atoms in total. The minimum atomic E-state index is -1.07. The fourth-order valence-corrected chi connectivity index (χ4v) is 4.41. The lowest BCUT2D eigenvalue weighted by atomic mass is 10.3. The molecule has 1 fully saturated rings. The fraction of sp³-hybridized carbons (Fsp3) is 0.688. The SMILES string of the molecule is CCCCCSc1nsc(NC(=O)NCCN2CCOCC2)c1C(=O)O. The number of carboxylic acid groups (broad SMARTS) is 1. The highest BCUT2D eigenvalue weighted by Crippen LogP contribution is 2.32. The molecule has 26 heavy (non-hydrogen) atoms. The van der Waals surface area contributed by atoms with Gasteiger partial charge in [0, 0.05) is 26.2 Å². The second-order valence-electron chi connectivity index (χ2n) is 5.89.